The van der Waals surface area contributed by atoms with Crippen LogP contribution in [0.2, 0.25) is 0 Å². The van der Waals surface area contributed by atoms with Crippen LogP contribution in [0, 0.1) is 0 Å². The van der Waals surface area contributed by atoms with Gasteiger partial charge in [-0.3, -0.25) is 10.4 Å². The summed E-state index contributed by atoms with van der Waals surface area (Å²) in [6.07, 6.45) is 4.96. The monoisotopic (exact) mass is 490 g/mol. The lowest BCUT2D eigenvalue weighted by atomic mass is 10.2. The van der Waals surface area contributed by atoms with Crippen LogP contribution in [-0.2, 0) is 19.5 Å². The fraction of sp³-hybridized carbons (Fsp3) is 0.381. The van der Waals surface area contributed by atoms with Gasteiger partial charge in [-0.05, 0) is 36.5 Å². The van der Waals surface area contributed by atoms with Gasteiger partial charge in [-0.25, -0.2) is 8.42 Å². The molecule has 2 aliphatic rings. The van der Waals surface area contributed by atoms with Gasteiger partial charge in [-0.1, -0.05) is 6.07 Å². The summed E-state index contributed by atoms with van der Waals surface area (Å²) in [6, 6.07) is 8.74. The molecule has 0 aliphatic carbocycles. The molecule has 2 aliphatic heterocycles. The van der Waals surface area contributed by atoms with Crippen molar-refractivity contribution in [2.45, 2.75) is 4.90 Å². The van der Waals surface area contributed by atoms with Crippen molar-refractivity contribution in [1.29, 1.82) is 0 Å². The zero-order chi connectivity index (χ0) is 23.1. The summed E-state index contributed by atoms with van der Waals surface area (Å²) in [6.45, 7) is 4.04. The second-order valence-electron chi connectivity index (χ2n) is 7.41. The van der Waals surface area contributed by atoms with Crippen molar-refractivity contribution < 1.29 is 17.9 Å². The molecule has 0 radical (unpaired) electrons. The average molecular weight is 491 g/mol. The number of thiocarbonyl (C=S) groups is 1. The van der Waals surface area contributed by atoms with Gasteiger partial charge in [0.05, 0.1) is 48.9 Å². The van der Waals surface area contributed by atoms with Crippen molar-refractivity contribution in [2.75, 3.05) is 62.8 Å². The average Bonchev–Trinajstić information content (AvgIpc) is 2.86. The number of hydrogen-bond donors (Lipinski definition) is 2. The molecule has 10 nitrogen and oxygen atoms in total. The van der Waals surface area contributed by atoms with Crippen LogP contribution >= 0.6 is 12.2 Å². The Morgan fingerprint density at radius 1 is 1.09 bits per heavy atom. The molecule has 2 fully saturated rings. The molecule has 0 unspecified atom stereocenters. The second kappa shape index (κ2) is 11.0. The minimum absolute atomic E-state index is 0.200. The minimum Gasteiger partial charge on any atom is -0.379 e. The van der Waals surface area contributed by atoms with Gasteiger partial charge in [0.15, 0.2) is 5.11 Å². The SMILES string of the molecule is O=S(=O)(c1ccc(N2CCOCC2)c(NC(=S)N/N=C/c2cccnc2)c1)N1CCOCC1. The first-order chi connectivity index (χ1) is 16.0. The highest BCUT2D eigenvalue weighted by Crippen LogP contribution is 2.31. The maximum Gasteiger partial charge on any atom is 0.243 e. The van der Waals surface area contributed by atoms with Crippen LogP contribution in [0.1, 0.15) is 5.56 Å². The fourth-order valence-corrected chi connectivity index (χ4v) is 5.16. The van der Waals surface area contributed by atoms with E-state index >= 15 is 0 Å². The van der Waals surface area contributed by atoms with Gasteiger partial charge in [0.25, 0.3) is 0 Å². The van der Waals surface area contributed by atoms with Gasteiger partial charge in [-0.2, -0.15) is 9.41 Å². The minimum atomic E-state index is -3.65. The zero-order valence-corrected chi connectivity index (χ0v) is 19.6. The Hall–Kier alpha value is -2.64. The number of hydrogen-bond acceptors (Lipinski definition) is 8. The Bertz CT molecular complexity index is 1090. The lowest BCUT2D eigenvalue weighted by molar-refractivity contribution is 0.0730. The second-order valence-corrected chi connectivity index (χ2v) is 9.75. The quantitative estimate of drug-likeness (QED) is 0.351. The van der Waals surface area contributed by atoms with Gasteiger partial charge in [0, 0.05) is 44.1 Å². The third kappa shape index (κ3) is 6.03. The predicted molar refractivity (Wildman–Crippen MR) is 130 cm³/mol. The molecule has 0 bridgehead atoms. The van der Waals surface area contributed by atoms with E-state index in [1.807, 2.05) is 18.2 Å². The first-order valence-corrected chi connectivity index (χ1v) is 12.4. The Labute approximate surface area is 198 Å². The highest BCUT2D eigenvalue weighted by Gasteiger charge is 2.28. The summed E-state index contributed by atoms with van der Waals surface area (Å²) in [5.74, 6) is 0. The number of aromatic nitrogens is 1. The zero-order valence-electron chi connectivity index (χ0n) is 18.0. The lowest BCUT2D eigenvalue weighted by Gasteiger charge is -2.31. The molecule has 0 atom stereocenters. The molecule has 12 heteroatoms. The molecule has 4 rings (SSSR count). The van der Waals surface area contributed by atoms with Gasteiger partial charge in [0.1, 0.15) is 0 Å². The molecule has 0 spiro atoms. The summed E-state index contributed by atoms with van der Waals surface area (Å²) in [5.41, 5.74) is 5.02. The summed E-state index contributed by atoms with van der Waals surface area (Å²) >= 11 is 5.40. The van der Waals surface area contributed by atoms with E-state index in [4.69, 9.17) is 21.7 Å². The third-order valence-corrected chi connectivity index (χ3v) is 7.33. The van der Waals surface area contributed by atoms with E-state index in [2.05, 4.69) is 25.7 Å². The normalized spacial score (nSPS) is 17.8. The smallest absolute Gasteiger partial charge is 0.243 e. The number of nitrogens with zero attached hydrogens (tertiary/aromatic N) is 4. The number of ether oxygens (including phenoxy) is 2. The van der Waals surface area contributed by atoms with E-state index < -0.39 is 10.0 Å². The predicted octanol–water partition coefficient (Wildman–Crippen LogP) is 1.26. The molecular weight excluding hydrogens is 464 g/mol. The number of benzene rings is 1. The van der Waals surface area contributed by atoms with Crippen LogP contribution in [0.5, 0.6) is 0 Å². The van der Waals surface area contributed by atoms with Crippen LogP contribution in [-0.4, -0.2) is 81.6 Å². The highest BCUT2D eigenvalue weighted by molar-refractivity contribution is 7.89. The number of hydrazone groups is 1. The maximum atomic E-state index is 13.2. The molecule has 33 heavy (non-hydrogen) atoms. The Morgan fingerprint density at radius 3 is 2.52 bits per heavy atom. The van der Waals surface area contributed by atoms with E-state index in [0.717, 1.165) is 11.3 Å². The largest absolute Gasteiger partial charge is 0.379 e. The summed E-state index contributed by atoms with van der Waals surface area (Å²) in [4.78, 5) is 6.37. The van der Waals surface area contributed by atoms with Crippen LogP contribution in [0.25, 0.3) is 0 Å². The first-order valence-electron chi connectivity index (χ1n) is 10.6. The highest BCUT2D eigenvalue weighted by atomic mass is 32.2. The molecule has 2 saturated heterocycles. The summed E-state index contributed by atoms with van der Waals surface area (Å²) < 4.78 is 38.5. The molecule has 1 aromatic heterocycles. The van der Waals surface area contributed by atoms with Gasteiger partial charge >= 0.3 is 0 Å². The molecule has 2 aromatic rings. The lowest BCUT2D eigenvalue weighted by Crippen LogP contribution is -2.40. The number of anilines is 2. The standard InChI is InChI=1S/C21H26N6O4S2/c28-33(29,27-8-12-31-13-9-27)18-3-4-20(26-6-10-30-11-7-26)19(14-18)24-21(32)25-23-16-17-2-1-5-22-15-17/h1-5,14-16H,6-13H2,(H2,24,25,32)/b23-16+. The van der Waals surface area contributed by atoms with Crippen LogP contribution in [0.4, 0.5) is 11.4 Å². The van der Waals surface area contributed by atoms with Gasteiger partial charge in [0.2, 0.25) is 10.0 Å². The fourth-order valence-electron chi connectivity index (χ4n) is 3.56. The van der Waals surface area contributed by atoms with E-state index in [1.165, 1.54) is 4.31 Å². The molecule has 2 N–H and O–H groups in total. The van der Waals surface area contributed by atoms with Crippen LogP contribution in [0.15, 0.2) is 52.7 Å². The van der Waals surface area contributed by atoms with Crippen molar-refractivity contribution in [1.82, 2.24) is 14.7 Å². The van der Waals surface area contributed by atoms with Crippen molar-refractivity contribution in [2.24, 2.45) is 5.10 Å². The number of pyridine rings is 1. The van der Waals surface area contributed by atoms with Crippen LogP contribution in [0.3, 0.4) is 0 Å². The molecule has 176 valence electrons. The number of morpholine rings is 2. The Balaban J connectivity index is 1.55. The Kier molecular flexibility index (Phi) is 7.83. The third-order valence-electron chi connectivity index (χ3n) is 5.24. The summed E-state index contributed by atoms with van der Waals surface area (Å²) in [7, 11) is -3.65. The van der Waals surface area contributed by atoms with E-state index in [1.54, 1.807) is 30.7 Å². The van der Waals surface area contributed by atoms with Crippen LogP contribution < -0.4 is 15.6 Å². The molecule has 0 amide bonds. The molecular formula is C21H26N6O4S2. The van der Waals surface area contributed by atoms with Crippen molar-refractivity contribution in [3.63, 3.8) is 0 Å². The van der Waals surface area contributed by atoms with E-state index in [0.29, 0.717) is 58.3 Å². The Morgan fingerprint density at radius 2 is 1.82 bits per heavy atom. The number of rotatable bonds is 6. The number of nitrogens with one attached hydrogen (secondary N) is 2. The topological polar surface area (TPSA) is 108 Å². The first kappa shape index (κ1) is 23.5. The van der Waals surface area contributed by atoms with E-state index in [9.17, 15) is 8.42 Å². The van der Waals surface area contributed by atoms with Crippen molar-refractivity contribution in [3.8, 4) is 0 Å². The van der Waals surface area contributed by atoms with Gasteiger partial charge in [-0.15, -0.1) is 0 Å². The summed E-state index contributed by atoms with van der Waals surface area (Å²) in [5, 5.41) is 7.48. The molecule has 3 heterocycles. The van der Waals surface area contributed by atoms with Crippen molar-refractivity contribution >= 4 is 44.9 Å². The van der Waals surface area contributed by atoms with Crippen molar-refractivity contribution in [3.05, 3.63) is 48.3 Å². The molecule has 1 aromatic carbocycles. The maximum absolute atomic E-state index is 13.2. The van der Waals surface area contributed by atoms with Gasteiger partial charge < -0.3 is 19.7 Å². The van der Waals surface area contributed by atoms with E-state index in [-0.39, 0.29) is 10.0 Å². The number of sulfonamides is 1. The molecule has 0 saturated carbocycles.